The normalized spacial score (nSPS) is 10.7. The number of thiazole rings is 1. The maximum absolute atomic E-state index is 12.9. The number of hydrogen-bond acceptors (Lipinski definition) is 5. The summed E-state index contributed by atoms with van der Waals surface area (Å²) in [6.07, 6.45) is 3.92. The molecule has 0 unspecified atom stereocenters. The number of amides is 1. The largest absolute Gasteiger partial charge is 0.441 e. The molecule has 0 radical (unpaired) electrons. The number of anilines is 1. The second-order valence-corrected chi connectivity index (χ2v) is 6.18. The van der Waals surface area contributed by atoms with Gasteiger partial charge in [0, 0.05) is 29.5 Å². The minimum Gasteiger partial charge on any atom is -0.441 e. The Balaban J connectivity index is 1.56. The Bertz CT molecular complexity index is 811. The maximum atomic E-state index is 12.9. The van der Waals surface area contributed by atoms with Crippen molar-refractivity contribution in [2.75, 3.05) is 5.32 Å². The van der Waals surface area contributed by atoms with Crippen molar-refractivity contribution in [3.05, 3.63) is 53.2 Å². The lowest BCUT2D eigenvalue weighted by atomic mass is 10.2. The number of benzene rings is 1. The highest BCUT2D eigenvalue weighted by Gasteiger charge is 2.10. The molecule has 2 heterocycles. The van der Waals surface area contributed by atoms with Crippen molar-refractivity contribution in [3.63, 3.8) is 0 Å². The van der Waals surface area contributed by atoms with E-state index in [0.29, 0.717) is 23.2 Å². The van der Waals surface area contributed by atoms with Gasteiger partial charge in [-0.2, -0.15) is 0 Å². The maximum Gasteiger partial charge on any atom is 0.226 e. The lowest BCUT2D eigenvalue weighted by molar-refractivity contribution is -0.116. The van der Waals surface area contributed by atoms with E-state index < -0.39 is 0 Å². The van der Waals surface area contributed by atoms with E-state index in [-0.39, 0.29) is 18.1 Å². The summed E-state index contributed by atoms with van der Waals surface area (Å²) in [6, 6.07) is 5.97. The first kappa shape index (κ1) is 15.4. The van der Waals surface area contributed by atoms with Crippen LogP contribution in [0.15, 0.2) is 41.1 Å². The van der Waals surface area contributed by atoms with Crippen molar-refractivity contribution >= 4 is 22.4 Å². The summed E-state index contributed by atoms with van der Waals surface area (Å²) in [5.74, 6) is 0.578. The van der Waals surface area contributed by atoms with Gasteiger partial charge >= 0.3 is 0 Å². The molecule has 3 rings (SSSR count). The minimum atomic E-state index is -0.303. The summed E-state index contributed by atoms with van der Waals surface area (Å²) in [6.45, 7) is 1.93. The average molecular weight is 331 g/mol. The van der Waals surface area contributed by atoms with Gasteiger partial charge < -0.3 is 9.73 Å². The molecule has 0 aliphatic carbocycles. The number of hydrogen-bond donors (Lipinski definition) is 1. The fraction of sp³-hybridized carbons (Fsp3) is 0.188. The van der Waals surface area contributed by atoms with Crippen molar-refractivity contribution in [2.24, 2.45) is 0 Å². The molecule has 1 amide bonds. The zero-order chi connectivity index (χ0) is 16.2. The fourth-order valence-electron chi connectivity index (χ4n) is 1.99. The summed E-state index contributed by atoms with van der Waals surface area (Å²) >= 11 is 1.43. The second-order valence-electron chi connectivity index (χ2n) is 4.95. The third-order valence-corrected chi connectivity index (χ3v) is 3.94. The molecule has 0 saturated carbocycles. The lowest BCUT2D eigenvalue weighted by Gasteiger charge is -1.99. The van der Waals surface area contributed by atoms with Gasteiger partial charge in [0.25, 0.3) is 0 Å². The SMILES string of the molecule is Cc1cnc(NC(=O)CCc2ncc(-c3ccc(F)cc3)o2)s1. The average Bonchev–Trinajstić information content (AvgIpc) is 3.15. The van der Waals surface area contributed by atoms with E-state index in [1.807, 2.05) is 6.92 Å². The number of carbonyl (C=O) groups excluding carboxylic acids is 1. The van der Waals surface area contributed by atoms with Crippen LogP contribution in [-0.4, -0.2) is 15.9 Å². The summed E-state index contributed by atoms with van der Waals surface area (Å²) in [5, 5.41) is 3.32. The van der Waals surface area contributed by atoms with Crippen LogP contribution in [0.25, 0.3) is 11.3 Å². The molecule has 3 aromatic rings. The predicted molar refractivity (Wildman–Crippen MR) is 85.7 cm³/mol. The highest BCUT2D eigenvalue weighted by Crippen LogP contribution is 2.21. The Kier molecular flexibility index (Phi) is 4.47. The monoisotopic (exact) mass is 331 g/mol. The van der Waals surface area contributed by atoms with Gasteiger partial charge in [0.1, 0.15) is 5.82 Å². The smallest absolute Gasteiger partial charge is 0.226 e. The molecule has 0 spiro atoms. The first-order chi connectivity index (χ1) is 11.1. The predicted octanol–water partition coefficient (Wildman–Crippen LogP) is 3.82. The lowest BCUT2D eigenvalue weighted by Crippen LogP contribution is -2.12. The van der Waals surface area contributed by atoms with Crippen LogP contribution in [0.4, 0.5) is 9.52 Å². The first-order valence-corrected chi connectivity index (χ1v) is 7.85. The van der Waals surface area contributed by atoms with Crippen molar-refractivity contribution in [3.8, 4) is 11.3 Å². The molecule has 118 valence electrons. The van der Waals surface area contributed by atoms with E-state index in [4.69, 9.17) is 4.42 Å². The molecule has 0 atom stereocenters. The van der Waals surface area contributed by atoms with Crippen molar-refractivity contribution in [1.29, 1.82) is 0 Å². The van der Waals surface area contributed by atoms with Crippen LogP contribution in [0.3, 0.4) is 0 Å². The zero-order valence-electron chi connectivity index (χ0n) is 12.4. The van der Waals surface area contributed by atoms with Gasteiger partial charge in [0.2, 0.25) is 5.91 Å². The molecule has 1 N–H and O–H groups in total. The van der Waals surface area contributed by atoms with Crippen LogP contribution in [0.5, 0.6) is 0 Å². The Morgan fingerprint density at radius 2 is 2.04 bits per heavy atom. The highest BCUT2D eigenvalue weighted by molar-refractivity contribution is 7.15. The third-order valence-electron chi connectivity index (χ3n) is 3.12. The molecule has 0 saturated heterocycles. The number of rotatable bonds is 5. The molecular weight excluding hydrogens is 317 g/mol. The van der Waals surface area contributed by atoms with E-state index in [9.17, 15) is 9.18 Å². The van der Waals surface area contributed by atoms with Gasteiger partial charge in [-0.25, -0.2) is 14.4 Å². The quantitative estimate of drug-likeness (QED) is 0.772. The van der Waals surface area contributed by atoms with Crippen LogP contribution >= 0.6 is 11.3 Å². The molecule has 5 nitrogen and oxygen atoms in total. The highest BCUT2D eigenvalue weighted by atomic mass is 32.1. The number of oxazole rings is 1. The van der Waals surface area contributed by atoms with Crippen LogP contribution in [0.1, 0.15) is 17.2 Å². The molecule has 1 aromatic carbocycles. The number of nitrogens with one attached hydrogen (secondary N) is 1. The number of aryl methyl sites for hydroxylation is 2. The number of nitrogens with zero attached hydrogens (tertiary/aromatic N) is 2. The standard InChI is InChI=1S/C16H14FN3O2S/c1-10-8-19-16(23-10)20-14(21)6-7-15-18-9-13(22-15)11-2-4-12(17)5-3-11/h2-5,8-9H,6-7H2,1H3,(H,19,20,21). The van der Waals surface area contributed by atoms with E-state index in [0.717, 1.165) is 10.4 Å². The van der Waals surface area contributed by atoms with E-state index in [2.05, 4.69) is 15.3 Å². The van der Waals surface area contributed by atoms with Crippen LogP contribution in [0, 0.1) is 12.7 Å². The number of aromatic nitrogens is 2. The molecule has 0 fully saturated rings. The third kappa shape index (κ3) is 4.01. The van der Waals surface area contributed by atoms with Crippen LogP contribution < -0.4 is 5.32 Å². The van der Waals surface area contributed by atoms with E-state index >= 15 is 0 Å². The Hall–Kier alpha value is -2.54. The minimum absolute atomic E-state index is 0.138. The Morgan fingerprint density at radius 1 is 1.26 bits per heavy atom. The molecule has 23 heavy (non-hydrogen) atoms. The molecular formula is C16H14FN3O2S. The molecule has 0 bridgehead atoms. The van der Waals surface area contributed by atoms with Gasteiger partial charge in [-0.05, 0) is 31.2 Å². The number of carbonyl (C=O) groups is 1. The van der Waals surface area contributed by atoms with Crippen LogP contribution in [-0.2, 0) is 11.2 Å². The fourth-order valence-corrected chi connectivity index (χ4v) is 2.67. The molecule has 0 aliphatic heterocycles. The Morgan fingerprint density at radius 3 is 2.74 bits per heavy atom. The van der Waals surface area contributed by atoms with E-state index in [1.165, 1.54) is 23.5 Å². The summed E-state index contributed by atoms with van der Waals surface area (Å²) in [7, 11) is 0. The van der Waals surface area contributed by atoms with E-state index in [1.54, 1.807) is 24.5 Å². The van der Waals surface area contributed by atoms with Gasteiger partial charge in [-0.15, -0.1) is 11.3 Å². The van der Waals surface area contributed by atoms with Crippen molar-refractivity contribution in [1.82, 2.24) is 9.97 Å². The second kappa shape index (κ2) is 6.70. The van der Waals surface area contributed by atoms with Crippen LogP contribution in [0.2, 0.25) is 0 Å². The van der Waals surface area contributed by atoms with Gasteiger partial charge in [0.15, 0.2) is 16.8 Å². The Labute approximate surface area is 136 Å². The summed E-state index contributed by atoms with van der Waals surface area (Å²) in [5.41, 5.74) is 0.743. The summed E-state index contributed by atoms with van der Waals surface area (Å²) < 4.78 is 18.5. The topological polar surface area (TPSA) is 68.0 Å². The van der Waals surface area contributed by atoms with Crippen molar-refractivity contribution < 1.29 is 13.6 Å². The zero-order valence-corrected chi connectivity index (χ0v) is 13.2. The first-order valence-electron chi connectivity index (χ1n) is 7.03. The van der Waals surface area contributed by atoms with Gasteiger partial charge in [0.05, 0.1) is 6.20 Å². The summed E-state index contributed by atoms with van der Waals surface area (Å²) in [4.78, 5) is 21.1. The van der Waals surface area contributed by atoms with Gasteiger partial charge in [-0.3, -0.25) is 4.79 Å². The van der Waals surface area contributed by atoms with Gasteiger partial charge in [-0.1, -0.05) is 0 Å². The molecule has 7 heteroatoms. The molecule has 0 aliphatic rings. The van der Waals surface area contributed by atoms with Crippen molar-refractivity contribution in [2.45, 2.75) is 19.8 Å². The number of halogens is 1. The molecule has 2 aromatic heterocycles.